The minimum Gasteiger partial charge on any atom is -0.298 e. The van der Waals surface area contributed by atoms with Crippen LogP contribution in [0.5, 0.6) is 0 Å². The van der Waals surface area contributed by atoms with E-state index < -0.39 is 0 Å². The molecule has 1 aromatic carbocycles. The second-order valence-corrected chi connectivity index (χ2v) is 4.08. The molecule has 68 valence electrons. The van der Waals surface area contributed by atoms with Crippen molar-refractivity contribution in [1.29, 1.82) is 10.8 Å². The Morgan fingerprint density at radius 3 is 2.54 bits per heavy atom. The van der Waals surface area contributed by atoms with E-state index in [1.165, 1.54) is 11.8 Å². The number of benzene rings is 1. The van der Waals surface area contributed by atoms with E-state index in [-0.39, 0.29) is 0 Å². The predicted molar refractivity (Wildman–Crippen MR) is 59.0 cm³/mol. The van der Waals surface area contributed by atoms with Crippen LogP contribution in [0.4, 0.5) is 0 Å². The standard InChI is InChI=1S/C10H12N2S/c1-7-4-3-5-9(6-7)10(12)13-8(2)11/h3-6,11-12H,1-2H3. The van der Waals surface area contributed by atoms with Gasteiger partial charge >= 0.3 is 0 Å². The van der Waals surface area contributed by atoms with Crippen LogP contribution >= 0.6 is 11.8 Å². The summed E-state index contributed by atoms with van der Waals surface area (Å²) in [6.07, 6.45) is 0. The van der Waals surface area contributed by atoms with Gasteiger partial charge in [0.15, 0.2) is 0 Å². The Balaban J connectivity index is 2.83. The number of rotatable bonds is 1. The molecule has 0 aliphatic rings. The number of nitrogens with one attached hydrogen (secondary N) is 2. The topological polar surface area (TPSA) is 47.7 Å². The summed E-state index contributed by atoms with van der Waals surface area (Å²) in [5, 5.41) is 15.8. The van der Waals surface area contributed by atoms with Crippen LogP contribution in [0.2, 0.25) is 0 Å². The molecule has 2 nitrogen and oxygen atoms in total. The van der Waals surface area contributed by atoms with Crippen molar-refractivity contribution < 1.29 is 0 Å². The summed E-state index contributed by atoms with van der Waals surface area (Å²) in [6.45, 7) is 3.69. The first-order chi connectivity index (χ1) is 6.09. The maximum Gasteiger partial charge on any atom is 0.100 e. The lowest BCUT2D eigenvalue weighted by Crippen LogP contribution is -1.96. The van der Waals surface area contributed by atoms with Crippen LogP contribution in [0, 0.1) is 17.7 Å². The molecule has 0 fully saturated rings. The molecule has 0 heterocycles. The molecule has 0 aliphatic carbocycles. The average molecular weight is 192 g/mol. The van der Waals surface area contributed by atoms with E-state index in [0.29, 0.717) is 10.1 Å². The molecular formula is C10H12N2S. The molecule has 1 aromatic rings. The summed E-state index contributed by atoms with van der Waals surface area (Å²) in [7, 11) is 0. The Bertz CT molecular complexity index is 345. The van der Waals surface area contributed by atoms with Crippen LogP contribution in [0.15, 0.2) is 24.3 Å². The van der Waals surface area contributed by atoms with Crippen LogP contribution in [0.25, 0.3) is 0 Å². The first-order valence-electron chi connectivity index (χ1n) is 3.98. The molecule has 0 aliphatic heterocycles. The Labute approximate surface area is 82.4 Å². The van der Waals surface area contributed by atoms with Gasteiger partial charge in [-0.2, -0.15) is 0 Å². The van der Waals surface area contributed by atoms with Gasteiger partial charge in [-0.1, -0.05) is 35.5 Å². The van der Waals surface area contributed by atoms with Gasteiger partial charge in [-0.05, 0) is 19.9 Å². The first kappa shape index (κ1) is 9.99. The summed E-state index contributed by atoms with van der Waals surface area (Å²) in [5.41, 5.74) is 2.03. The van der Waals surface area contributed by atoms with Crippen LogP contribution in [0.3, 0.4) is 0 Å². The molecule has 0 bridgehead atoms. The van der Waals surface area contributed by atoms with Gasteiger partial charge in [0, 0.05) is 5.56 Å². The van der Waals surface area contributed by atoms with Crippen molar-refractivity contribution in [3.63, 3.8) is 0 Å². The lowest BCUT2D eigenvalue weighted by molar-refractivity contribution is 1.44. The molecule has 0 radical (unpaired) electrons. The lowest BCUT2D eigenvalue weighted by Gasteiger charge is -2.02. The van der Waals surface area contributed by atoms with Crippen molar-refractivity contribution in [2.45, 2.75) is 13.8 Å². The zero-order valence-corrected chi connectivity index (χ0v) is 8.53. The molecular weight excluding hydrogens is 180 g/mol. The van der Waals surface area contributed by atoms with E-state index in [2.05, 4.69) is 0 Å². The molecule has 0 atom stereocenters. The number of thioether (sulfide) groups is 1. The number of hydrogen-bond acceptors (Lipinski definition) is 3. The molecule has 0 saturated carbocycles. The highest BCUT2D eigenvalue weighted by molar-refractivity contribution is 8.26. The molecule has 3 heteroatoms. The monoisotopic (exact) mass is 192 g/mol. The zero-order valence-electron chi connectivity index (χ0n) is 7.72. The van der Waals surface area contributed by atoms with Gasteiger partial charge in [0.05, 0.1) is 5.04 Å². The van der Waals surface area contributed by atoms with Crippen LogP contribution < -0.4 is 0 Å². The maximum absolute atomic E-state index is 7.68. The molecule has 13 heavy (non-hydrogen) atoms. The zero-order chi connectivity index (χ0) is 9.84. The number of aryl methyl sites for hydroxylation is 1. The fourth-order valence-electron chi connectivity index (χ4n) is 0.998. The summed E-state index contributed by atoms with van der Waals surface area (Å²) in [5.74, 6) is 0. The molecule has 0 amide bonds. The summed E-state index contributed by atoms with van der Waals surface area (Å²) in [6, 6.07) is 7.78. The molecule has 0 saturated heterocycles. The van der Waals surface area contributed by atoms with Gasteiger partial charge in [-0.15, -0.1) is 0 Å². The van der Waals surface area contributed by atoms with Crippen molar-refractivity contribution in [2.24, 2.45) is 0 Å². The fourth-order valence-corrected chi connectivity index (χ4v) is 1.55. The Kier molecular flexibility index (Phi) is 3.25. The van der Waals surface area contributed by atoms with Crippen LogP contribution in [0.1, 0.15) is 18.1 Å². The van der Waals surface area contributed by atoms with Crippen molar-refractivity contribution >= 4 is 21.8 Å². The van der Waals surface area contributed by atoms with Gasteiger partial charge in [0.1, 0.15) is 5.04 Å². The van der Waals surface area contributed by atoms with E-state index >= 15 is 0 Å². The number of hydrogen-bond donors (Lipinski definition) is 2. The van der Waals surface area contributed by atoms with E-state index in [9.17, 15) is 0 Å². The van der Waals surface area contributed by atoms with Crippen molar-refractivity contribution in [2.75, 3.05) is 0 Å². The third-order valence-electron chi connectivity index (χ3n) is 1.54. The fraction of sp³-hybridized carbons (Fsp3) is 0.200. The van der Waals surface area contributed by atoms with E-state index in [1.807, 2.05) is 31.2 Å². The third-order valence-corrected chi connectivity index (χ3v) is 2.28. The Morgan fingerprint density at radius 2 is 2.00 bits per heavy atom. The quantitative estimate of drug-likeness (QED) is 0.521. The highest BCUT2D eigenvalue weighted by atomic mass is 32.2. The van der Waals surface area contributed by atoms with E-state index in [0.717, 1.165) is 11.1 Å². The van der Waals surface area contributed by atoms with Crippen LogP contribution in [-0.4, -0.2) is 10.1 Å². The van der Waals surface area contributed by atoms with E-state index in [4.69, 9.17) is 10.8 Å². The van der Waals surface area contributed by atoms with Crippen molar-refractivity contribution in [3.8, 4) is 0 Å². The molecule has 0 unspecified atom stereocenters. The van der Waals surface area contributed by atoms with E-state index in [1.54, 1.807) is 6.92 Å². The second-order valence-electron chi connectivity index (χ2n) is 2.86. The highest BCUT2D eigenvalue weighted by Gasteiger charge is 2.02. The lowest BCUT2D eigenvalue weighted by atomic mass is 10.1. The second kappa shape index (κ2) is 4.23. The Hall–Kier alpha value is -1.09. The summed E-state index contributed by atoms with van der Waals surface area (Å²) >= 11 is 1.18. The Morgan fingerprint density at radius 1 is 1.31 bits per heavy atom. The van der Waals surface area contributed by atoms with Crippen molar-refractivity contribution in [3.05, 3.63) is 35.4 Å². The van der Waals surface area contributed by atoms with Crippen molar-refractivity contribution in [1.82, 2.24) is 0 Å². The van der Waals surface area contributed by atoms with Gasteiger partial charge < -0.3 is 0 Å². The van der Waals surface area contributed by atoms with Gasteiger partial charge in [0.25, 0.3) is 0 Å². The van der Waals surface area contributed by atoms with Gasteiger partial charge in [0.2, 0.25) is 0 Å². The van der Waals surface area contributed by atoms with Crippen LogP contribution in [-0.2, 0) is 0 Å². The summed E-state index contributed by atoms with van der Waals surface area (Å²) < 4.78 is 0. The minimum atomic E-state index is 0.441. The highest BCUT2D eigenvalue weighted by Crippen LogP contribution is 2.14. The normalized spacial score (nSPS) is 9.69. The molecule has 1 rings (SSSR count). The predicted octanol–water partition coefficient (Wildman–Crippen LogP) is 3.05. The molecule has 0 spiro atoms. The minimum absolute atomic E-state index is 0.441. The summed E-state index contributed by atoms with van der Waals surface area (Å²) in [4.78, 5) is 0. The SMILES string of the molecule is CC(=N)SC(=N)c1cccc(C)c1. The largest absolute Gasteiger partial charge is 0.298 e. The smallest absolute Gasteiger partial charge is 0.100 e. The van der Waals surface area contributed by atoms with Gasteiger partial charge in [-0.3, -0.25) is 10.8 Å². The average Bonchev–Trinajstić information content (AvgIpc) is 2.03. The van der Waals surface area contributed by atoms with Gasteiger partial charge in [-0.25, -0.2) is 0 Å². The third kappa shape index (κ3) is 3.03. The maximum atomic E-state index is 7.68. The molecule has 0 aromatic heterocycles. The first-order valence-corrected chi connectivity index (χ1v) is 4.80. The molecule has 2 N–H and O–H groups in total.